The van der Waals surface area contributed by atoms with Gasteiger partial charge in [-0.2, -0.15) is 0 Å². The van der Waals surface area contributed by atoms with Crippen LogP contribution in [-0.4, -0.2) is 17.8 Å². The van der Waals surface area contributed by atoms with E-state index in [1.807, 2.05) is 26.8 Å². The molecule has 1 N–H and O–H groups in total. The fourth-order valence-electron chi connectivity index (χ4n) is 2.43. The number of rotatable bonds is 5. The lowest BCUT2D eigenvalue weighted by Gasteiger charge is -2.18. The molecule has 2 rings (SSSR count). The molecular formula is C20H23NO3. The molecule has 2 aromatic carbocycles. The van der Waals surface area contributed by atoms with Gasteiger partial charge in [0.25, 0.3) is 5.91 Å². The van der Waals surface area contributed by atoms with Gasteiger partial charge in [0.2, 0.25) is 0 Å². The van der Waals surface area contributed by atoms with E-state index in [0.717, 1.165) is 16.7 Å². The first-order valence-electron chi connectivity index (χ1n) is 7.94. The van der Waals surface area contributed by atoms with Crippen molar-refractivity contribution < 1.29 is 14.3 Å². The predicted molar refractivity (Wildman–Crippen MR) is 95.8 cm³/mol. The van der Waals surface area contributed by atoms with Crippen LogP contribution in [0.2, 0.25) is 0 Å². The summed E-state index contributed by atoms with van der Waals surface area (Å²) in [6.07, 6.45) is -0.647. The van der Waals surface area contributed by atoms with Crippen molar-refractivity contribution in [2.45, 2.75) is 40.7 Å². The number of ether oxygens (including phenoxy) is 1. The normalized spacial score (nSPS) is 11.7. The molecule has 0 saturated carbocycles. The van der Waals surface area contributed by atoms with E-state index in [-0.39, 0.29) is 11.7 Å². The number of Topliss-reactive ketones (excluding diaryl/α,β-unsaturated/α-hetero) is 1. The smallest absolute Gasteiger partial charge is 0.265 e. The van der Waals surface area contributed by atoms with Crippen LogP contribution in [0.1, 0.15) is 40.9 Å². The summed E-state index contributed by atoms with van der Waals surface area (Å²) in [7, 11) is 0. The maximum atomic E-state index is 12.4. The van der Waals surface area contributed by atoms with Crippen LogP contribution in [0.4, 0.5) is 5.69 Å². The van der Waals surface area contributed by atoms with Gasteiger partial charge in [-0.05, 0) is 69.5 Å². The molecule has 2 aromatic rings. The van der Waals surface area contributed by atoms with Crippen LogP contribution in [0.25, 0.3) is 0 Å². The van der Waals surface area contributed by atoms with Crippen molar-refractivity contribution >= 4 is 17.4 Å². The van der Waals surface area contributed by atoms with E-state index in [4.69, 9.17) is 4.74 Å². The highest BCUT2D eigenvalue weighted by molar-refractivity contribution is 5.98. The second-order valence-electron chi connectivity index (χ2n) is 6.09. The number of carbonyl (C=O) groups is 2. The Morgan fingerprint density at radius 2 is 1.79 bits per heavy atom. The van der Waals surface area contributed by atoms with Gasteiger partial charge in [0, 0.05) is 11.3 Å². The fourth-order valence-corrected chi connectivity index (χ4v) is 2.43. The Morgan fingerprint density at radius 3 is 2.46 bits per heavy atom. The lowest BCUT2D eigenvalue weighted by Crippen LogP contribution is -2.30. The molecule has 0 aliphatic rings. The van der Waals surface area contributed by atoms with Crippen molar-refractivity contribution in [3.63, 3.8) is 0 Å². The average Bonchev–Trinajstić information content (AvgIpc) is 2.52. The molecule has 1 amide bonds. The minimum atomic E-state index is -0.647. The third kappa shape index (κ3) is 4.22. The van der Waals surface area contributed by atoms with Crippen molar-refractivity contribution in [2.75, 3.05) is 5.32 Å². The molecular weight excluding hydrogens is 302 g/mol. The maximum Gasteiger partial charge on any atom is 0.265 e. The monoisotopic (exact) mass is 325 g/mol. The van der Waals surface area contributed by atoms with Crippen LogP contribution >= 0.6 is 0 Å². The molecule has 0 aliphatic heterocycles. The third-order valence-corrected chi connectivity index (χ3v) is 3.97. The van der Waals surface area contributed by atoms with Crippen molar-refractivity contribution in [1.29, 1.82) is 0 Å². The summed E-state index contributed by atoms with van der Waals surface area (Å²) in [5.41, 5.74) is 4.40. The summed E-state index contributed by atoms with van der Waals surface area (Å²) >= 11 is 0. The molecule has 1 atom stereocenters. The van der Waals surface area contributed by atoms with Gasteiger partial charge in [0.1, 0.15) is 5.75 Å². The van der Waals surface area contributed by atoms with E-state index in [2.05, 4.69) is 11.4 Å². The van der Waals surface area contributed by atoms with Crippen molar-refractivity contribution in [3.8, 4) is 5.75 Å². The zero-order valence-electron chi connectivity index (χ0n) is 14.8. The van der Waals surface area contributed by atoms with E-state index in [1.165, 1.54) is 6.92 Å². The molecule has 4 nitrogen and oxygen atoms in total. The summed E-state index contributed by atoms with van der Waals surface area (Å²) in [6.45, 7) is 9.20. The number of hydrogen-bond acceptors (Lipinski definition) is 3. The maximum absolute atomic E-state index is 12.4. The number of nitrogens with one attached hydrogen (secondary N) is 1. The topological polar surface area (TPSA) is 55.4 Å². The number of amides is 1. The van der Waals surface area contributed by atoms with Gasteiger partial charge < -0.3 is 10.1 Å². The van der Waals surface area contributed by atoms with E-state index < -0.39 is 6.10 Å². The Balaban J connectivity index is 2.10. The number of hydrogen-bond donors (Lipinski definition) is 1. The summed E-state index contributed by atoms with van der Waals surface area (Å²) in [4.78, 5) is 23.8. The third-order valence-electron chi connectivity index (χ3n) is 3.97. The summed E-state index contributed by atoms with van der Waals surface area (Å²) in [5, 5.41) is 2.79. The summed E-state index contributed by atoms with van der Waals surface area (Å²) in [6, 6.07) is 10.9. The molecule has 0 spiro atoms. The minimum absolute atomic E-state index is 0.0405. The molecule has 0 heterocycles. The van der Waals surface area contributed by atoms with Crippen LogP contribution in [0.3, 0.4) is 0 Å². The number of ketones is 1. The van der Waals surface area contributed by atoms with Gasteiger partial charge in [-0.25, -0.2) is 0 Å². The van der Waals surface area contributed by atoms with Crippen LogP contribution in [-0.2, 0) is 4.79 Å². The number of benzene rings is 2. The number of anilines is 1. The molecule has 0 radical (unpaired) electrons. The summed E-state index contributed by atoms with van der Waals surface area (Å²) < 4.78 is 5.84. The molecule has 24 heavy (non-hydrogen) atoms. The molecule has 0 bridgehead atoms. The van der Waals surface area contributed by atoms with Crippen LogP contribution in [0, 0.1) is 20.8 Å². The quantitative estimate of drug-likeness (QED) is 0.837. The van der Waals surface area contributed by atoms with E-state index in [1.54, 1.807) is 31.2 Å². The number of carbonyl (C=O) groups excluding carboxylic acids is 2. The van der Waals surface area contributed by atoms with Gasteiger partial charge in [0.15, 0.2) is 11.9 Å². The molecule has 126 valence electrons. The zero-order chi connectivity index (χ0) is 17.9. The van der Waals surface area contributed by atoms with Crippen molar-refractivity contribution in [1.82, 2.24) is 0 Å². The van der Waals surface area contributed by atoms with E-state index >= 15 is 0 Å². The van der Waals surface area contributed by atoms with Crippen LogP contribution in [0.5, 0.6) is 5.75 Å². The summed E-state index contributed by atoms with van der Waals surface area (Å²) in [5.74, 6) is 0.420. The Kier molecular flexibility index (Phi) is 5.39. The Morgan fingerprint density at radius 1 is 1.08 bits per heavy atom. The van der Waals surface area contributed by atoms with Gasteiger partial charge in [0.05, 0.1) is 0 Å². The van der Waals surface area contributed by atoms with Gasteiger partial charge in [-0.15, -0.1) is 0 Å². The first kappa shape index (κ1) is 17.7. The van der Waals surface area contributed by atoms with E-state index in [0.29, 0.717) is 17.0 Å². The molecule has 0 aliphatic carbocycles. The highest BCUT2D eigenvalue weighted by atomic mass is 16.5. The molecule has 0 fully saturated rings. The average molecular weight is 325 g/mol. The van der Waals surface area contributed by atoms with E-state index in [9.17, 15) is 9.59 Å². The lowest BCUT2D eigenvalue weighted by molar-refractivity contribution is -0.122. The first-order chi connectivity index (χ1) is 11.3. The highest BCUT2D eigenvalue weighted by Crippen LogP contribution is 2.24. The van der Waals surface area contributed by atoms with Gasteiger partial charge in [-0.3, -0.25) is 9.59 Å². The lowest BCUT2D eigenvalue weighted by atomic mass is 10.1. The van der Waals surface area contributed by atoms with Gasteiger partial charge >= 0.3 is 0 Å². The van der Waals surface area contributed by atoms with Crippen LogP contribution in [0.15, 0.2) is 36.4 Å². The Bertz CT molecular complexity index is 780. The molecule has 4 heteroatoms. The first-order valence-corrected chi connectivity index (χ1v) is 7.94. The Hall–Kier alpha value is -2.62. The van der Waals surface area contributed by atoms with Gasteiger partial charge in [-0.1, -0.05) is 18.2 Å². The molecule has 0 saturated heterocycles. The SMILES string of the molecule is CC(=O)c1cccc(NC(=O)[C@@H](C)Oc2cc(C)cc(C)c2C)c1. The molecule has 0 unspecified atom stereocenters. The largest absolute Gasteiger partial charge is 0.481 e. The zero-order valence-corrected chi connectivity index (χ0v) is 14.8. The minimum Gasteiger partial charge on any atom is -0.481 e. The Labute approximate surface area is 142 Å². The predicted octanol–water partition coefficient (Wildman–Crippen LogP) is 4.22. The van der Waals surface area contributed by atoms with Crippen LogP contribution < -0.4 is 10.1 Å². The standard InChI is InChI=1S/C20H23NO3/c1-12-9-13(2)14(3)19(10-12)24-16(5)20(23)21-18-8-6-7-17(11-18)15(4)22/h6-11,16H,1-5H3,(H,21,23)/t16-/m1/s1. The molecule has 0 aromatic heterocycles. The van der Waals surface area contributed by atoms with Crippen molar-refractivity contribution in [3.05, 3.63) is 58.7 Å². The second-order valence-corrected chi connectivity index (χ2v) is 6.09. The number of aryl methyl sites for hydroxylation is 2. The highest BCUT2D eigenvalue weighted by Gasteiger charge is 2.17. The second kappa shape index (κ2) is 7.30. The fraction of sp³-hybridized carbons (Fsp3) is 0.300. The van der Waals surface area contributed by atoms with Crippen molar-refractivity contribution in [2.24, 2.45) is 0 Å².